The highest BCUT2D eigenvalue weighted by Crippen LogP contribution is 2.57. The van der Waals surface area contributed by atoms with Gasteiger partial charge in [0.15, 0.2) is 44.2 Å². The summed E-state index contributed by atoms with van der Waals surface area (Å²) in [5.74, 6) is -2.68. The number of alkyl carbamates (subject to hydrolysis) is 1. The fraction of sp³-hybridized carbons (Fsp3) is 0.750. The molecule has 5 aliphatic heterocycles. The van der Waals surface area contributed by atoms with Crippen molar-refractivity contribution in [2.75, 3.05) is 85.6 Å². The molecule has 562 valence electrons. The highest BCUT2D eigenvalue weighted by molar-refractivity contribution is 8.07. The number of likely N-dealkylation sites (tertiary alicyclic amines) is 1. The first kappa shape index (κ1) is 82.4. The van der Waals surface area contributed by atoms with E-state index in [2.05, 4.69) is 95.8 Å². The van der Waals surface area contributed by atoms with E-state index >= 15 is 4.39 Å². The lowest BCUT2D eigenvalue weighted by molar-refractivity contribution is -0.186. The zero-order valence-electron chi connectivity index (χ0n) is 59.4. The third kappa shape index (κ3) is 22.1. The number of imidazole rings is 1. The van der Waals surface area contributed by atoms with E-state index in [0.717, 1.165) is 22.7 Å². The lowest BCUT2D eigenvalue weighted by atomic mass is 10.0. The van der Waals surface area contributed by atoms with Crippen molar-refractivity contribution >= 4 is 98.3 Å². The first-order valence-corrected chi connectivity index (χ1v) is 47.5. The fourth-order valence-electron chi connectivity index (χ4n) is 11.2. The van der Waals surface area contributed by atoms with E-state index in [0.29, 0.717) is 28.9 Å². The highest BCUT2D eigenvalue weighted by atomic mass is 32.5. The fourth-order valence-corrected chi connectivity index (χ4v) is 16.4. The number of aromatic nitrogens is 4. The molecule has 0 aromatic carbocycles. The van der Waals surface area contributed by atoms with Gasteiger partial charge in [-0.05, 0) is 98.5 Å². The van der Waals surface area contributed by atoms with E-state index < -0.39 is 155 Å². The summed E-state index contributed by atoms with van der Waals surface area (Å²) >= 11 is 6.17. The average molecular weight is 1530 g/mol. The number of hydrazone groups is 2. The van der Waals surface area contributed by atoms with Gasteiger partial charge >= 0.3 is 39.2 Å². The maximum absolute atomic E-state index is 17.1. The number of alkyl halides is 4. The summed E-state index contributed by atoms with van der Waals surface area (Å²) < 4.78 is 135. The Labute approximate surface area is 589 Å². The van der Waals surface area contributed by atoms with Crippen molar-refractivity contribution in [1.82, 2.24) is 49.6 Å². The third-order valence-electron chi connectivity index (χ3n) is 18.0. The molecule has 11 atom stereocenters. The number of hydrogen-bond donors (Lipinski definition) is 4. The predicted octanol–water partition coefficient (Wildman–Crippen LogP) is 8.09. The number of halogens is 4. The van der Waals surface area contributed by atoms with Crippen LogP contribution in [0.3, 0.4) is 0 Å². The number of aliphatic hydroxyl groups excluding tert-OH is 1. The molecule has 7 heterocycles. The molecule has 0 saturated carbocycles. The normalized spacial score (nSPS) is 24.2. The van der Waals surface area contributed by atoms with E-state index in [1.165, 1.54) is 52.6 Å². The van der Waals surface area contributed by atoms with Gasteiger partial charge in [0.25, 0.3) is 5.56 Å². The first-order valence-electron chi connectivity index (χ1n) is 33.5. The van der Waals surface area contributed by atoms with Crippen LogP contribution < -0.4 is 16.2 Å². The number of fused-ring (bicyclic) bond motifs is 1. The van der Waals surface area contributed by atoms with Crippen molar-refractivity contribution in [3.63, 3.8) is 0 Å². The molecule has 100 heavy (non-hydrogen) atoms. The number of ether oxygens (including phenoxy) is 5. The van der Waals surface area contributed by atoms with Crippen LogP contribution in [0.1, 0.15) is 73.5 Å². The smallest absolute Gasteiger partial charge is 0.450 e. The van der Waals surface area contributed by atoms with Gasteiger partial charge in [-0.15, -0.1) is 9.42 Å². The molecule has 0 bridgehead atoms. The molecule has 2 aromatic rings. The van der Waals surface area contributed by atoms with E-state index in [9.17, 15) is 51.7 Å². The number of carbonyl (C=O) groups excluding carboxylic acids is 4. The van der Waals surface area contributed by atoms with E-state index in [1.807, 2.05) is 33.9 Å². The van der Waals surface area contributed by atoms with Gasteiger partial charge in [-0.3, -0.25) is 28.0 Å². The third-order valence-corrected chi connectivity index (χ3v) is 28.6. The second kappa shape index (κ2) is 35.3. The zero-order valence-corrected chi connectivity index (χ0v) is 65.0. The number of carbonyl (C=O) groups is 4. The zero-order chi connectivity index (χ0) is 73.9. The Kier molecular flexibility index (Phi) is 29.1. The number of rotatable bonds is 31. The quantitative estimate of drug-likeness (QED) is 0.0182. The van der Waals surface area contributed by atoms with Crippen LogP contribution in [0.5, 0.6) is 0 Å². The van der Waals surface area contributed by atoms with Gasteiger partial charge in [-0.1, -0.05) is 80.8 Å². The van der Waals surface area contributed by atoms with Crippen LogP contribution in [0.15, 0.2) is 50.6 Å². The van der Waals surface area contributed by atoms with Crippen molar-refractivity contribution in [3.05, 3.63) is 45.9 Å². The molecule has 30 nitrogen and oxygen atoms in total. The summed E-state index contributed by atoms with van der Waals surface area (Å²) in [7, 11) is -9.45. The standard InChI is InChI=1S/C54H83F4N11O18P2SSi3.C6H15N/c1-53(2,3)93(10,11)87-44-37(27-70)83-49(67-31-60-42-46(67)61-30-65(47(42)72)17-18-78-32-62-39(71)24-59-51(74)79-19-21-91(4,5)6)45(44)86-89(90,81-28-35-13-12-16-66(35)50(73)54(56,57)58)82-29-38-43(85-88(76)77)41(55)48(84-38)68-25-33-14-15-34-26-69(63-23-36(64-68)40(33)34)52(75)80-20-22-92(7,8)9;1-4-7(5-2)6-3/h23,25,30-31,35,37-38,41,43-45,48-49,70H,12-22,24,26-29,32H2,1-11H3,(H2-,59,62,71,74,76,77);4-6H2,1-3H3/p+1/t35-,37+,38+,41+,43+,44+,45+,48+,49+,89-;/m0./s1. The topological polar surface area (TPSA) is 333 Å². The number of aliphatic hydroxyl groups is 1. The molecular formula is C60H99F4N12O18P2SSi3+. The lowest BCUT2D eigenvalue weighted by Gasteiger charge is -2.41. The van der Waals surface area contributed by atoms with E-state index in [-0.39, 0.29) is 82.4 Å². The van der Waals surface area contributed by atoms with Crippen LogP contribution in [0.25, 0.3) is 11.2 Å². The molecule has 4 amide bonds. The van der Waals surface area contributed by atoms with Gasteiger partial charge in [0, 0.05) is 39.0 Å². The second-order valence-electron chi connectivity index (χ2n) is 28.7. The molecular weight excluding hydrogens is 1430 g/mol. The molecule has 6 aliphatic rings. The SMILES string of the molecule is CC(C)(C)[Si](C)(C)O[C@H]1[C@@H](O[P@](=S)(OC[C@@H]2CCCN2C(=O)C(F)(F)F)OC[C@H]2O[C@@H](N3C=C4CCC5=C4C(=N3)C=NN(C(=O)OCC[Si](C)(C)C)C5)[C@H](F)[C@@H]2O[P+](=O)O)[C@H](n2cnc3c(=O)n(CCOCNC(=O)CNC(=O)OCC[Si](C)(C)C)cnc32)O[C@@H]1CO.CCN(CC)CC. The Morgan fingerprint density at radius 2 is 1.53 bits per heavy atom. The Hall–Kier alpha value is -4.87. The minimum atomic E-state index is -5.25. The molecule has 0 radical (unpaired) electrons. The van der Waals surface area contributed by atoms with Crippen molar-refractivity contribution < 1.29 is 97.5 Å². The molecule has 1 unspecified atom stereocenters. The molecule has 40 heteroatoms. The van der Waals surface area contributed by atoms with Crippen LogP contribution >= 0.6 is 15.0 Å². The minimum absolute atomic E-state index is 0.0350. The van der Waals surface area contributed by atoms with E-state index in [4.69, 9.17) is 58.0 Å². The summed E-state index contributed by atoms with van der Waals surface area (Å²) in [5.41, 5.74) is 1.63. The number of nitrogens with one attached hydrogen (secondary N) is 2. The van der Waals surface area contributed by atoms with Crippen LogP contribution in [-0.4, -0.2) is 250 Å². The summed E-state index contributed by atoms with van der Waals surface area (Å²) in [6.07, 6.45) is -13.1. The average Bonchev–Trinajstić information content (AvgIpc) is 1.61. The Morgan fingerprint density at radius 1 is 0.870 bits per heavy atom. The Morgan fingerprint density at radius 3 is 2.15 bits per heavy atom. The Balaban J connectivity index is 0.00000190. The number of allylic oxidation sites excluding steroid dienone is 2. The second-order valence-corrected chi connectivity index (χ2v) is 48.3. The van der Waals surface area contributed by atoms with Crippen LogP contribution in [0, 0.1) is 0 Å². The van der Waals surface area contributed by atoms with Gasteiger partial charge in [0.05, 0.1) is 71.3 Å². The monoisotopic (exact) mass is 1530 g/mol. The number of amides is 4. The molecule has 1 aliphatic carbocycles. The minimum Gasteiger partial charge on any atom is -0.450 e. The van der Waals surface area contributed by atoms with E-state index in [1.54, 1.807) is 6.20 Å². The summed E-state index contributed by atoms with van der Waals surface area (Å²) in [6, 6.07) is 0.282. The van der Waals surface area contributed by atoms with Crippen LogP contribution in [-0.2, 0) is 78.7 Å². The molecule has 3 fully saturated rings. The highest BCUT2D eigenvalue weighted by Gasteiger charge is 2.57. The number of nitrogens with zero attached hydrogens (tertiary/aromatic N) is 10. The molecule has 0 spiro atoms. The Bertz CT molecular complexity index is 3440. The maximum Gasteiger partial charge on any atom is 0.695 e. The van der Waals surface area contributed by atoms with Gasteiger partial charge in [0.1, 0.15) is 49.7 Å². The largest absolute Gasteiger partial charge is 0.695 e. The van der Waals surface area contributed by atoms with Gasteiger partial charge in [0.2, 0.25) is 5.91 Å². The van der Waals surface area contributed by atoms with Crippen LogP contribution in [0.2, 0.25) is 69.5 Å². The van der Waals surface area contributed by atoms with Crippen molar-refractivity contribution in [2.24, 2.45) is 10.2 Å². The summed E-state index contributed by atoms with van der Waals surface area (Å²) in [6.45, 7) is 25.3. The van der Waals surface area contributed by atoms with Gasteiger partial charge in [-0.25, -0.2) is 29.0 Å². The van der Waals surface area contributed by atoms with Crippen LogP contribution in [0.4, 0.5) is 27.2 Å². The summed E-state index contributed by atoms with van der Waals surface area (Å²) in [4.78, 5) is 86.5. The lowest BCUT2D eigenvalue weighted by Crippen LogP contribution is -2.50. The van der Waals surface area contributed by atoms with Crippen molar-refractivity contribution in [1.29, 1.82) is 0 Å². The molecule has 3 saturated heterocycles. The van der Waals surface area contributed by atoms with Gasteiger partial charge in [-0.2, -0.15) is 28.4 Å². The van der Waals surface area contributed by atoms with Crippen molar-refractivity contribution in [2.45, 2.75) is 205 Å². The molecule has 4 N–H and O–H groups in total. The van der Waals surface area contributed by atoms with Crippen molar-refractivity contribution in [3.8, 4) is 0 Å². The van der Waals surface area contributed by atoms with Gasteiger partial charge < -0.3 is 62.7 Å². The molecule has 2 aromatic heterocycles. The number of hydrogen-bond acceptors (Lipinski definition) is 24. The summed E-state index contributed by atoms with van der Waals surface area (Å²) in [5, 5.41) is 26.8. The maximum atomic E-state index is 17.1. The predicted molar refractivity (Wildman–Crippen MR) is 373 cm³/mol. The first-order chi connectivity index (χ1) is 46.8. The molecule has 8 rings (SSSR count).